The van der Waals surface area contributed by atoms with E-state index in [0.717, 1.165) is 76.5 Å². The number of allylic oxidation sites excluding steroid dienone is 6. The van der Waals surface area contributed by atoms with Gasteiger partial charge in [-0.15, -0.1) is 0 Å². The molecule has 0 atom stereocenters. The third-order valence-electron chi connectivity index (χ3n) is 11.1. The van der Waals surface area contributed by atoms with Crippen molar-refractivity contribution in [2.24, 2.45) is 0 Å². The number of halogens is 3. The Balaban J connectivity index is 1.18. The van der Waals surface area contributed by atoms with E-state index in [9.17, 15) is 0 Å². The molecular formula is C47H48Cl3N2S+. The molecule has 6 heteroatoms. The zero-order chi connectivity index (χ0) is 37.2. The maximum atomic E-state index is 7.30. The second kappa shape index (κ2) is 16.1. The summed E-state index contributed by atoms with van der Waals surface area (Å²) in [7, 11) is 0. The van der Waals surface area contributed by atoms with Gasteiger partial charge in [0.1, 0.15) is 6.54 Å². The monoisotopic (exact) mass is 777 g/mol. The van der Waals surface area contributed by atoms with Crippen molar-refractivity contribution in [2.75, 3.05) is 29.5 Å². The molecule has 3 aliphatic rings. The number of hydrogen-bond donors (Lipinski definition) is 0. The van der Waals surface area contributed by atoms with Crippen LogP contribution in [0.5, 0.6) is 0 Å². The van der Waals surface area contributed by atoms with Gasteiger partial charge in [-0.05, 0) is 97.4 Å². The summed E-state index contributed by atoms with van der Waals surface area (Å²) in [6.07, 6.45) is 13.3. The van der Waals surface area contributed by atoms with Gasteiger partial charge in [-0.25, -0.2) is 0 Å². The quantitative estimate of drug-likeness (QED) is 0.140. The molecule has 0 bridgehead atoms. The molecule has 3 aliphatic heterocycles. The molecule has 4 aromatic carbocycles. The van der Waals surface area contributed by atoms with Crippen molar-refractivity contribution in [3.8, 4) is 0 Å². The Labute approximate surface area is 335 Å². The first kappa shape index (κ1) is 37.8. The van der Waals surface area contributed by atoms with Crippen molar-refractivity contribution >= 4 is 63.7 Å². The highest BCUT2D eigenvalue weighted by Gasteiger charge is 2.44. The molecule has 53 heavy (non-hydrogen) atoms. The summed E-state index contributed by atoms with van der Waals surface area (Å²) < 4.78 is 2.50. The highest BCUT2D eigenvalue weighted by atomic mass is 35.5. The number of nitrogens with zero attached hydrogens (tertiary/aromatic N) is 2. The fourth-order valence-corrected chi connectivity index (χ4v) is 9.94. The van der Waals surface area contributed by atoms with E-state index in [2.05, 4.69) is 146 Å². The number of thioether (sulfide) groups is 1. The van der Waals surface area contributed by atoms with Crippen LogP contribution < -0.4 is 4.90 Å². The summed E-state index contributed by atoms with van der Waals surface area (Å²) in [4.78, 5) is 2.50. The van der Waals surface area contributed by atoms with Gasteiger partial charge in [0, 0.05) is 74.1 Å². The summed E-state index contributed by atoms with van der Waals surface area (Å²) >= 11 is 22.3. The third kappa shape index (κ3) is 8.01. The Morgan fingerprint density at radius 2 is 1.34 bits per heavy atom. The molecule has 272 valence electrons. The molecule has 0 spiro atoms. The van der Waals surface area contributed by atoms with Gasteiger partial charge in [0.2, 0.25) is 5.69 Å². The van der Waals surface area contributed by atoms with Crippen molar-refractivity contribution in [3.05, 3.63) is 176 Å². The van der Waals surface area contributed by atoms with E-state index in [1.807, 2.05) is 23.9 Å². The van der Waals surface area contributed by atoms with Crippen LogP contribution in [-0.4, -0.2) is 34.9 Å². The van der Waals surface area contributed by atoms with E-state index >= 15 is 0 Å². The molecular weight excluding hydrogens is 731 g/mol. The second-order valence-corrected chi connectivity index (χ2v) is 17.6. The summed E-state index contributed by atoms with van der Waals surface area (Å²) in [5.74, 6) is 1.76. The highest BCUT2D eigenvalue weighted by molar-refractivity contribution is 7.99. The van der Waals surface area contributed by atoms with E-state index in [1.54, 1.807) is 0 Å². The molecule has 0 unspecified atom stereocenters. The Kier molecular flexibility index (Phi) is 11.5. The van der Waals surface area contributed by atoms with Crippen molar-refractivity contribution in [3.63, 3.8) is 0 Å². The fraction of sp³-hybridized carbons (Fsp3) is 0.298. The minimum Gasteiger partial charge on any atom is -0.344 e. The number of hydrogen-bond acceptors (Lipinski definition) is 2. The lowest BCUT2D eigenvalue weighted by Gasteiger charge is -2.27. The first-order valence-corrected chi connectivity index (χ1v) is 21.0. The van der Waals surface area contributed by atoms with E-state index in [1.165, 1.54) is 45.0 Å². The van der Waals surface area contributed by atoms with Crippen LogP contribution in [0, 0.1) is 0 Å². The van der Waals surface area contributed by atoms with Crippen LogP contribution >= 0.6 is 46.6 Å². The zero-order valence-corrected chi connectivity index (χ0v) is 34.2. The lowest BCUT2D eigenvalue weighted by Crippen LogP contribution is -2.28. The van der Waals surface area contributed by atoms with Crippen molar-refractivity contribution in [2.45, 2.75) is 64.2 Å². The van der Waals surface area contributed by atoms with Gasteiger partial charge < -0.3 is 4.90 Å². The van der Waals surface area contributed by atoms with Crippen molar-refractivity contribution in [1.82, 2.24) is 0 Å². The Morgan fingerprint density at radius 1 is 0.698 bits per heavy atom. The fourth-order valence-electron chi connectivity index (χ4n) is 8.15. The molecule has 7 rings (SSSR count). The third-order valence-corrected chi connectivity index (χ3v) is 13.0. The minimum absolute atomic E-state index is 0.197. The summed E-state index contributed by atoms with van der Waals surface area (Å²) in [5.41, 5.74) is 12.2. The van der Waals surface area contributed by atoms with Gasteiger partial charge in [-0.2, -0.15) is 16.3 Å². The summed E-state index contributed by atoms with van der Waals surface area (Å²) in [6, 6.07) is 34.2. The van der Waals surface area contributed by atoms with Crippen LogP contribution in [0.25, 0.3) is 0 Å². The molecule has 0 radical (unpaired) electrons. The first-order valence-electron chi connectivity index (χ1n) is 18.7. The molecule has 0 fully saturated rings. The molecule has 0 saturated heterocycles. The summed E-state index contributed by atoms with van der Waals surface area (Å²) in [5, 5.41) is 2.41. The van der Waals surface area contributed by atoms with Crippen LogP contribution in [0.15, 0.2) is 143 Å². The van der Waals surface area contributed by atoms with Crippen LogP contribution in [0.1, 0.15) is 62.8 Å². The van der Waals surface area contributed by atoms with Crippen molar-refractivity contribution in [1.29, 1.82) is 0 Å². The van der Waals surface area contributed by atoms with Gasteiger partial charge >= 0.3 is 0 Å². The molecule has 0 saturated carbocycles. The molecule has 0 aliphatic carbocycles. The second-order valence-electron chi connectivity index (χ2n) is 15.3. The van der Waals surface area contributed by atoms with Gasteiger partial charge in [0.05, 0.1) is 5.41 Å². The normalized spacial score (nSPS) is 19.2. The molecule has 4 aromatic rings. The minimum atomic E-state index is -0.197. The Morgan fingerprint density at radius 3 is 2.04 bits per heavy atom. The standard InChI is InChI=1S/C47H48Cl3N2S/c1-46(2)39-29-37(48)21-23-41(39)51(27-11-17-33-13-7-5-8-14-33)43(46)25-19-35-31-53-32-36(45(35)50)20-26-44-47(3,4)40-30-38(49)22-24-42(40)52(44)28-12-18-34-15-9-6-10-16-34/h5-10,13-16,19-26,29-30H,11-12,17-18,27-28,31-32H2,1-4H3/q+1. The zero-order valence-electron chi connectivity index (χ0n) is 31.1. The molecule has 0 N–H and O–H groups in total. The predicted molar refractivity (Wildman–Crippen MR) is 231 cm³/mol. The van der Waals surface area contributed by atoms with Gasteiger partial charge in [-0.1, -0.05) is 121 Å². The smallest absolute Gasteiger partial charge is 0.209 e. The van der Waals surface area contributed by atoms with E-state index in [-0.39, 0.29) is 10.8 Å². The van der Waals surface area contributed by atoms with Crippen molar-refractivity contribution < 1.29 is 4.58 Å². The number of anilines is 1. The van der Waals surface area contributed by atoms with Gasteiger partial charge in [-0.3, -0.25) is 0 Å². The lowest BCUT2D eigenvalue weighted by atomic mass is 9.81. The predicted octanol–water partition coefficient (Wildman–Crippen LogP) is 13.0. The lowest BCUT2D eigenvalue weighted by molar-refractivity contribution is -0.438. The average molecular weight is 779 g/mol. The Bertz CT molecular complexity index is 2140. The van der Waals surface area contributed by atoms with Gasteiger partial charge in [0.15, 0.2) is 5.71 Å². The molecule has 3 heterocycles. The topological polar surface area (TPSA) is 6.25 Å². The SMILES string of the molecule is CC1(C)C(/C=C/C2=C(Cl)C(=C/C=C3/N(CCCc4ccccc4)c4ccc(Cl)cc4C3(C)C)/CSC2)=[N+](CCCc2ccccc2)c2ccc(Cl)cc21. The number of benzene rings is 4. The van der Waals surface area contributed by atoms with Gasteiger partial charge in [0.25, 0.3) is 0 Å². The van der Waals surface area contributed by atoms with E-state index in [0.29, 0.717) is 0 Å². The van der Waals surface area contributed by atoms with Crippen LogP contribution in [0.3, 0.4) is 0 Å². The van der Waals surface area contributed by atoms with Crippen LogP contribution in [-0.2, 0) is 23.7 Å². The average Bonchev–Trinajstić information content (AvgIpc) is 3.48. The van der Waals surface area contributed by atoms with Crippen LogP contribution in [0.2, 0.25) is 10.0 Å². The maximum absolute atomic E-state index is 7.30. The highest BCUT2D eigenvalue weighted by Crippen LogP contribution is 2.49. The molecule has 2 nitrogen and oxygen atoms in total. The summed E-state index contributed by atoms with van der Waals surface area (Å²) in [6.45, 7) is 11.1. The maximum Gasteiger partial charge on any atom is 0.209 e. The number of fused-ring (bicyclic) bond motifs is 2. The van der Waals surface area contributed by atoms with Crippen LogP contribution in [0.4, 0.5) is 11.4 Å². The first-order chi connectivity index (χ1) is 25.5. The number of aryl methyl sites for hydroxylation is 2. The molecule has 0 amide bonds. The Hall–Kier alpha value is -3.47. The number of rotatable bonds is 11. The van der Waals surface area contributed by atoms with E-state index in [4.69, 9.17) is 34.8 Å². The molecule has 0 aromatic heterocycles. The largest absolute Gasteiger partial charge is 0.344 e. The van der Waals surface area contributed by atoms with E-state index < -0.39 is 0 Å².